The summed E-state index contributed by atoms with van der Waals surface area (Å²) < 4.78 is 0.248. The number of nitrogens with zero attached hydrogens (tertiary/aromatic N) is 2. The standard InChI is InChI=1S/C5H10N2.4CHO.Fe/c1-6-3-4-7(2)5-6;4*1-2;/h3-4H2,1-2H3;4*1H;. The molecule has 1 fully saturated rings. The molecule has 92 valence electrons. The van der Waals surface area contributed by atoms with Gasteiger partial charge in [-0.05, 0) is 0 Å². The van der Waals surface area contributed by atoms with Gasteiger partial charge >= 0.3 is 92.9 Å². The quantitative estimate of drug-likeness (QED) is 0.452. The molecule has 1 saturated heterocycles. The average Bonchev–Trinajstić information content (AvgIpc) is 2.66. The monoisotopic (exact) mass is 270 g/mol. The fourth-order valence-electron chi connectivity index (χ4n) is 1.66. The van der Waals surface area contributed by atoms with Crippen molar-refractivity contribution in [2.24, 2.45) is 0 Å². The fourth-order valence-corrected chi connectivity index (χ4v) is 4.69. The molecule has 0 atom stereocenters. The van der Waals surface area contributed by atoms with E-state index >= 15 is 0 Å². The van der Waals surface area contributed by atoms with Crippen LogP contribution in [0.3, 0.4) is 0 Å². The number of hydrogen-bond donors (Lipinski definition) is 0. The number of carbonyl (C=O) groups excluding carboxylic acids is 4. The summed E-state index contributed by atoms with van der Waals surface area (Å²) in [7, 11) is 3.31. The molecule has 0 bridgehead atoms. The number of likely N-dealkylation sites (N-methyl/N-ethyl adjacent to an activating group) is 2. The van der Waals surface area contributed by atoms with Gasteiger partial charge in [0.25, 0.3) is 0 Å². The average molecular weight is 270 g/mol. The van der Waals surface area contributed by atoms with Crippen LogP contribution in [0.1, 0.15) is 0 Å². The third-order valence-corrected chi connectivity index (χ3v) is 6.80. The number of rotatable bonds is 4. The topological polar surface area (TPSA) is 74.8 Å². The fraction of sp³-hybridized carbons (Fsp3) is 0.444. The second kappa shape index (κ2) is 4.10. The predicted octanol–water partition coefficient (Wildman–Crippen LogP) is -1.60. The molecule has 0 aromatic heterocycles. The molecule has 7 heteroatoms. The summed E-state index contributed by atoms with van der Waals surface area (Å²) in [5.74, 6) is 0. The molecule has 1 aliphatic rings. The van der Waals surface area contributed by atoms with Crippen molar-refractivity contribution in [3.8, 4) is 0 Å². The molecule has 1 aliphatic heterocycles. The Balaban J connectivity index is 3.83. The second-order valence-electron chi connectivity index (χ2n) is 3.55. The molecule has 0 radical (unpaired) electrons. The van der Waals surface area contributed by atoms with Crippen LogP contribution in [0.4, 0.5) is 0 Å². The van der Waals surface area contributed by atoms with Crippen molar-refractivity contribution in [2.75, 3.05) is 27.2 Å². The van der Waals surface area contributed by atoms with Gasteiger partial charge in [0.15, 0.2) is 0 Å². The van der Waals surface area contributed by atoms with E-state index in [2.05, 4.69) is 0 Å². The molecule has 6 nitrogen and oxygen atoms in total. The van der Waals surface area contributed by atoms with Crippen molar-refractivity contribution >= 4 is 25.4 Å². The Bertz CT molecular complexity index is 364. The first-order valence-electron chi connectivity index (χ1n) is 4.41. The van der Waals surface area contributed by atoms with Gasteiger partial charge in [-0.25, -0.2) is 0 Å². The third-order valence-electron chi connectivity index (χ3n) is 2.49. The Morgan fingerprint density at radius 1 is 0.875 bits per heavy atom. The van der Waals surface area contributed by atoms with Gasteiger partial charge in [-0.3, -0.25) is 0 Å². The minimum absolute atomic E-state index is 0.240. The second-order valence-corrected chi connectivity index (χ2v) is 8.57. The van der Waals surface area contributed by atoms with E-state index in [0.717, 1.165) is 0 Å². The third kappa shape index (κ3) is 1.44. The van der Waals surface area contributed by atoms with Gasteiger partial charge in [0.1, 0.15) is 0 Å². The molecule has 0 aromatic carbocycles. The molecule has 0 N–H and O–H groups in total. The van der Waals surface area contributed by atoms with E-state index in [0.29, 0.717) is 13.1 Å². The molecule has 0 aliphatic carbocycles. The first-order chi connectivity index (χ1) is 7.49. The number of carbonyl (C=O) groups is 4. The van der Waals surface area contributed by atoms with Crippen molar-refractivity contribution < 1.29 is 30.5 Å². The summed E-state index contributed by atoms with van der Waals surface area (Å²) in [4.78, 5) is 48.1. The van der Waals surface area contributed by atoms with Crippen LogP contribution in [-0.2, 0) is 30.5 Å². The maximum absolute atomic E-state index is 11.2. The molecule has 0 unspecified atom stereocenters. The molecule has 0 spiro atoms. The zero-order valence-corrected chi connectivity index (χ0v) is 10.2. The van der Waals surface area contributed by atoms with Crippen LogP contribution in [0.2, 0.25) is 0 Å². The van der Waals surface area contributed by atoms with Crippen LogP contribution in [0.25, 0.3) is 0 Å². The maximum atomic E-state index is 11.2. The zero-order valence-electron chi connectivity index (χ0n) is 9.10. The molecule has 1 heterocycles. The summed E-state index contributed by atoms with van der Waals surface area (Å²) in [6.45, 7) is 1.16. The molecule has 1 rings (SSSR count). The Labute approximate surface area is 93.3 Å². The normalized spacial score (nSPS) is 21.1. The van der Waals surface area contributed by atoms with Crippen molar-refractivity contribution in [3.05, 3.63) is 0 Å². The molecular weight excluding hydrogens is 256 g/mol. The summed E-state index contributed by atoms with van der Waals surface area (Å²) in [5, 5.41) is 0.958. The van der Waals surface area contributed by atoms with Gasteiger partial charge in [-0.2, -0.15) is 0 Å². The van der Waals surface area contributed by atoms with Crippen molar-refractivity contribution in [2.45, 2.75) is 0 Å². The van der Waals surface area contributed by atoms with Crippen LogP contribution in [-0.4, -0.2) is 62.4 Å². The van der Waals surface area contributed by atoms with Crippen molar-refractivity contribution in [1.29, 1.82) is 0 Å². The van der Waals surface area contributed by atoms with E-state index < -0.39 is 11.4 Å². The van der Waals surface area contributed by atoms with Gasteiger partial charge in [0.05, 0.1) is 0 Å². The van der Waals surface area contributed by atoms with Gasteiger partial charge < -0.3 is 0 Å². The van der Waals surface area contributed by atoms with Gasteiger partial charge in [-0.1, -0.05) is 0 Å². The summed E-state index contributed by atoms with van der Waals surface area (Å²) in [5.41, 5.74) is 0. The van der Waals surface area contributed by atoms with Gasteiger partial charge in [0, 0.05) is 0 Å². The minimum atomic E-state index is -4.51. The van der Waals surface area contributed by atoms with Crippen LogP contribution in [0.15, 0.2) is 0 Å². The molecule has 0 saturated carbocycles. The molecule has 0 aromatic rings. The first-order valence-corrected chi connectivity index (χ1v) is 7.51. The summed E-state index contributed by atoms with van der Waals surface area (Å²) in [6.07, 6.45) is 0. The van der Waals surface area contributed by atoms with Crippen LogP contribution in [0, 0.1) is 0 Å². The molecule has 0 amide bonds. The predicted molar refractivity (Wildman–Crippen MR) is 57.3 cm³/mol. The summed E-state index contributed by atoms with van der Waals surface area (Å²) >= 11 is -4.51. The Morgan fingerprint density at radius 3 is 1.44 bits per heavy atom. The van der Waals surface area contributed by atoms with E-state index in [9.17, 15) is 19.2 Å². The van der Waals surface area contributed by atoms with Gasteiger partial charge in [0.2, 0.25) is 0 Å². The van der Waals surface area contributed by atoms with Crippen LogP contribution in [0.5, 0.6) is 0 Å². The van der Waals surface area contributed by atoms with E-state index in [4.69, 9.17) is 0 Å². The summed E-state index contributed by atoms with van der Waals surface area (Å²) in [6, 6.07) is 0. The van der Waals surface area contributed by atoms with E-state index in [-0.39, 0.29) is 25.4 Å². The Morgan fingerprint density at radius 2 is 1.19 bits per heavy atom. The van der Waals surface area contributed by atoms with E-state index in [1.807, 2.05) is 0 Å². The Hall–Kier alpha value is -1.01. The van der Waals surface area contributed by atoms with Crippen molar-refractivity contribution in [3.63, 3.8) is 0 Å². The first kappa shape index (κ1) is 13.1. The van der Waals surface area contributed by atoms with Gasteiger partial charge in [-0.15, -0.1) is 0 Å². The SMILES string of the molecule is CN1CCN(C)[C]1=[Fe]([CH]=O)([CH]=O)([CH]=O)[CH]=O. The zero-order chi connectivity index (χ0) is 12.4. The van der Waals surface area contributed by atoms with Crippen LogP contribution >= 0.6 is 0 Å². The Kier molecular flexibility index (Phi) is 3.35. The number of hydrogen-bond acceptors (Lipinski definition) is 6. The van der Waals surface area contributed by atoms with Crippen LogP contribution < -0.4 is 0 Å². The molecular formula is C9H14FeN2O4. The van der Waals surface area contributed by atoms with E-state index in [1.54, 1.807) is 23.9 Å². The van der Waals surface area contributed by atoms with Crippen molar-refractivity contribution in [1.82, 2.24) is 9.80 Å². The van der Waals surface area contributed by atoms with E-state index in [1.165, 1.54) is 0 Å². The molecule has 16 heavy (non-hydrogen) atoms.